The van der Waals surface area contributed by atoms with Crippen LogP contribution in [0.4, 0.5) is 24.5 Å². The molecule has 0 radical (unpaired) electrons. The number of nitrogens with zero attached hydrogens (tertiary/aromatic N) is 1. The number of hydrogen-bond acceptors (Lipinski definition) is 4. The van der Waals surface area contributed by atoms with Gasteiger partial charge in [0.1, 0.15) is 5.75 Å². The first-order valence-electron chi connectivity index (χ1n) is 7.12. The molecular weight excluding hydrogens is 377 g/mol. The van der Waals surface area contributed by atoms with Crippen molar-refractivity contribution in [2.75, 3.05) is 11.9 Å². The highest BCUT2D eigenvalue weighted by molar-refractivity contribution is 6.30. The molecule has 0 unspecified atom stereocenters. The molecule has 2 rings (SSSR count). The average Bonchev–Trinajstić information content (AvgIpc) is 2.53. The van der Waals surface area contributed by atoms with Crippen LogP contribution in [-0.4, -0.2) is 17.4 Å². The monoisotopic (exact) mass is 388 g/mol. The van der Waals surface area contributed by atoms with Crippen molar-refractivity contribution in [2.24, 2.45) is 0 Å². The summed E-state index contributed by atoms with van der Waals surface area (Å²) < 4.78 is 44.1. The summed E-state index contributed by atoms with van der Waals surface area (Å²) in [6.07, 6.45) is -4.69. The highest BCUT2D eigenvalue weighted by Crippen LogP contribution is 2.36. The number of rotatable bonds is 5. The third-order valence-corrected chi connectivity index (χ3v) is 3.53. The standard InChI is InChI=1S/C16H12ClF3N2O4/c1-9-6-11(3-5-14(9)22(24)25)26-8-15(23)21-13-4-2-10(17)7-12(13)16(18,19)20/h2-7H,8H2,1H3,(H,21,23). The molecule has 6 nitrogen and oxygen atoms in total. The summed E-state index contributed by atoms with van der Waals surface area (Å²) in [5.41, 5.74) is -1.32. The Balaban J connectivity index is 2.06. The van der Waals surface area contributed by atoms with Crippen molar-refractivity contribution in [2.45, 2.75) is 13.1 Å². The van der Waals surface area contributed by atoms with Crippen LogP contribution < -0.4 is 10.1 Å². The molecule has 138 valence electrons. The van der Waals surface area contributed by atoms with E-state index in [1.807, 2.05) is 0 Å². The zero-order valence-corrected chi connectivity index (χ0v) is 14.0. The van der Waals surface area contributed by atoms with Gasteiger partial charge in [-0.15, -0.1) is 0 Å². The number of ether oxygens (including phenoxy) is 1. The zero-order chi connectivity index (χ0) is 19.5. The Labute approximate surface area is 150 Å². The number of nitro groups is 1. The van der Waals surface area contributed by atoms with Gasteiger partial charge in [0, 0.05) is 16.7 Å². The fourth-order valence-electron chi connectivity index (χ4n) is 2.12. The van der Waals surface area contributed by atoms with Crippen LogP contribution in [0.25, 0.3) is 0 Å². The van der Waals surface area contributed by atoms with Crippen molar-refractivity contribution in [1.29, 1.82) is 0 Å². The first-order chi connectivity index (χ1) is 12.1. The number of hydrogen-bond donors (Lipinski definition) is 1. The van der Waals surface area contributed by atoms with Gasteiger partial charge in [-0.25, -0.2) is 0 Å². The van der Waals surface area contributed by atoms with Gasteiger partial charge in [-0.05, 0) is 37.3 Å². The summed E-state index contributed by atoms with van der Waals surface area (Å²) in [4.78, 5) is 22.0. The second kappa shape index (κ2) is 7.61. The number of anilines is 1. The highest BCUT2D eigenvalue weighted by atomic mass is 35.5. The molecule has 1 N–H and O–H groups in total. The Morgan fingerprint density at radius 2 is 1.96 bits per heavy atom. The van der Waals surface area contributed by atoms with Gasteiger partial charge in [-0.1, -0.05) is 11.6 Å². The largest absolute Gasteiger partial charge is 0.484 e. The van der Waals surface area contributed by atoms with E-state index in [9.17, 15) is 28.1 Å². The minimum atomic E-state index is -4.69. The van der Waals surface area contributed by atoms with Gasteiger partial charge in [0.2, 0.25) is 0 Å². The van der Waals surface area contributed by atoms with Crippen LogP contribution in [0.3, 0.4) is 0 Å². The fourth-order valence-corrected chi connectivity index (χ4v) is 2.29. The van der Waals surface area contributed by atoms with Crippen molar-refractivity contribution in [1.82, 2.24) is 0 Å². The van der Waals surface area contributed by atoms with Gasteiger partial charge in [-0.2, -0.15) is 13.2 Å². The first-order valence-corrected chi connectivity index (χ1v) is 7.50. The molecule has 0 saturated carbocycles. The molecule has 0 aliphatic carbocycles. The molecule has 0 atom stereocenters. The van der Waals surface area contributed by atoms with Crippen molar-refractivity contribution in [3.63, 3.8) is 0 Å². The topological polar surface area (TPSA) is 81.5 Å². The van der Waals surface area contributed by atoms with Gasteiger partial charge >= 0.3 is 6.18 Å². The van der Waals surface area contributed by atoms with E-state index in [0.29, 0.717) is 11.6 Å². The Kier molecular flexibility index (Phi) is 5.71. The van der Waals surface area contributed by atoms with Crippen LogP contribution in [-0.2, 0) is 11.0 Å². The molecule has 26 heavy (non-hydrogen) atoms. The van der Waals surface area contributed by atoms with E-state index >= 15 is 0 Å². The second-order valence-corrected chi connectivity index (χ2v) is 5.67. The molecular formula is C16H12ClF3N2O4. The van der Waals surface area contributed by atoms with Crippen molar-refractivity contribution in [3.05, 3.63) is 62.7 Å². The molecule has 0 aliphatic rings. The van der Waals surface area contributed by atoms with Crippen LogP contribution >= 0.6 is 11.6 Å². The van der Waals surface area contributed by atoms with Crippen LogP contribution in [0.5, 0.6) is 5.75 Å². The molecule has 0 aromatic heterocycles. The molecule has 0 aliphatic heterocycles. The van der Waals surface area contributed by atoms with E-state index in [1.54, 1.807) is 0 Å². The predicted octanol–water partition coefficient (Wildman–Crippen LogP) is 4.59. The van der Waals surface area contributed by atoms with Crippen LogP contribution in [0.1, 0.15) is 11.1 Å². The maximum absolute atomic E-state index is 13.0. The van der Waals surface area contributed by atoms with Crippen molar-refractivity contribution in [3.8, 4) is 5.75 Å². The molecule has 2 aromatic rings. The minimum absolute atomic E-state index is 0.113. The molecule has 10 heteroatoms. The molecule has 0 spiro atoms. The van der Waals surface area contributed by atoms with E-state index in [4.69, 9.17) is 16.3 Å². The summed E-state index contributed by atoms with van der Waals surface area (Å²) >= 11 is 5.57. The van der Waals surface area contributed by atoms with Gasteiger partial charge in [-0.3, -0.25) is 14.9 Å². The van der Waals surface area contributed by atoms with E-state index < -0.39 is 34.9 Å². The molecule has 0 fully saturated rings. The number of amides is 1. The molecule has 0 heterocycles. The lowest BCUT2D eigenvalue weighted by atomic mass is 10.1. The van der Waals surface area contributed by atoms with Gasteiger partial charge < -0.3 is 10.1 Å². The Hall–Kier alpha value is -2.81. The summed E-state index contributed by atoms with van der Waals surface area (Å²) in [7, 11) is 0. The molecule has 0 bridgehead atoms. The van der Waals surface area contributed by atoms with Gasteiger partial charge in [0.15, 0.2) is 6.61 Å². The lowest BCUT2D eigenvalue weighted by Gasteiger charge is -2.14. The van der Waals surface area contributed by atoms with Gasteiger partial charge in [0.05, 0.1) is 16.2 Å². The Bertz CT molecular complexity index is 856. The number of carbonyl (C=O) groups is 1. The summed E-state index contributed by atoms with van der Waals surface area (Å²) in [6.45, 7) is 0.922. The fraction of sp³-hybridized carbons (Fsp3) is 0.188. The maximum Gasteiger partial charge on any atom is 0.418 e. The Morgan fingerprint density at radius 3 is 2.54 bits per heavy atom. The van der Waals surface area contributed by atoms with E-state index in [0.717, 1.165) is 6.07 Å². The van der Waals surface area contributed by atoms with Crippen LogP contribution in [0, 0.1) is 17.0 Å². The lowest BCUT2D eigenvalue weighted by Crippen LogP contribution is -2.22. The number of halogens is 4. The number of nitro benzene ring substituents is 1. The molecule has 1 amide bonds. The Morgan fingerprint density at radius 1 is 1.27 bits per heavy atom. The summed E-state index contributed by atoms with van der Waals surface area (Å²) in [5.74, 6) is -0.649. The third kappa shape index (κ3) is 4.85. The smallest absolute Gasteiger partial charge is 0.418 e. The normalized spacial score (nSPS) is 11.1. The van der Waals surface area contributed by atoms with E-state index in [-0.39, 0.29) is 16.5 Å². The number of carbonyl (C=O) groups excluding carboxylic acids is 1. The van der Waals surface area contributed by atoms with Crippen molar-refractivity contribution < 1.29 is 27.6 Å². The third-order valence-electron chi connectivity index (χ3n) is 3.30. The number of alkyl halides is 3. The van der Waals surface area contributed by atoms with E-state index in [1.165, 1.54) is 31.2 Å². The summed E-state index contributed by atoms with van der Waals surface area (Å²) in [5, 5.41) is 12.7. The summed E-state index contributed by atoms with van der Waals surface area (Å²) in [6, 6.07) is 6.82. The minimum Gasteiger partial charge on any atom is -0.484 e. The maximum atomic E-state index is 13.0. The average molecular weight is 389 g/mol. The van der Waals surface area contributed by atoms with Crippen LogP contribution in [0.15, 0.2) is 36.4 Å². The number of nitrogens with one attached hydrogen (secondary N) is 1. The second-order valence-electron chi connectivity index (χ2n) is 5.23. The number of benzene rings is 2. The van der Waals surface area contributed by atoms with Gasteiger partial charge in [0.25, 0.3) is 11.6 Å². The molecule has 2 aromatic carbocycles. The van der Waals surface area contributed by atoms with Crippen LogP contribution in [0.2, 0.25) is 5.02 Å². The quantitative estimate of drug-likeness (QED) is 0.600. The zero-order valence-electron chi connectivity index (χ0n) is 13.3. The molecule has 0 saturated heterocycles. The van der Waals surface area contributed by atoms with E-state index in [2.05, 4.69) is 5.32 Å². The highest BCUT2D eigenvalue weighted by Gasteiger charge is 2.34. The lowest BCUT2D eigenvalue weighted by molar-refractivity contribution is -0.385. The number of aryl methyl sites for hydroxylation is 1. The van der Waals surface area contributed by atoms with Crippen molar-refractivity contribution >= 4 is 28.9 Å². The SMILES string of the molecule is Cc1cc(OCC(=O)Nc2ccc(Cl)cc2C(F)(F)F)ccc1[N+](=O)[O-]. The first kappa shape index (κ1) is 19.5. The predicted molar refractivity (Wildman–Crippen MR) is 88.4 cm³/mol.